The van der Waals surface area contributed by atoms with E-state index < -0.39 is 0 Å². The smallest absolute Gasteiger partial charge is 0.315 e. The maximum Gasteiger partial charge on any atom is 0.315 e. The summed E-state index contributed by atoms with van der Waals surface area (Å²) < 4.78 is 0. The largest absolute Gasteiger partial charge is 0.351 e. The molecule has 26 heavy (non-hydrogen) atoms. The Hall–Kier alpha value is -1.79. The monoisotopic (exact) mass is 378 g/mol. The number of rotatable bonds is 5. The molecular weight excluding hydrogens is 352 g/mol. The number of halogens is 1. The van der Waals surface area contributed by atoms with Crippen molar-refractivity contribution in [1.82, 2.24) is 16.0 Å². The van der Waals surface area contributed by atoms with Gasteiger partial charge < -0.3 is 21.7 Å². The molecule has 2 aliphatic rings. The second-order valence-electron chi connectivity index (χ2n) is 7.44. The molecule has 2 saturated carbocycles. The standard InChI is InChI=1S/C19H27ClN4O2/c20-15-6-4-12(5-7-15)10-22-19(26)23-11-17(25)24-18-13-2-1-3-14(18)9-16(21)8-13/h4-7,13-14,16,18H,1-3,8-11,21H2,(H,24,25)(H2,22,23,26). The Labute approximate surface area is 159 Å². The summed E-state index contributed by atoms with van der Waals surface area (Å²) in [4.78, 5) is 24.1. The number of hydrogen-bond donors (Lipinski definition) is 4. The molecule has 0 aliphatic heterocycles. The first-order chi connectivity index (χ1) is 12.5. The van der Waals surface area contributed by atoms with Gasteiger partial charge in [0.25, 0.3) is 0 Å². The van der Waals surface area contributed by atoms with Crippen molar-refractivity contribution in [3.05, 3.63) is 34.9 Å². The molecule has 3 rings (SSSR count). The van der Waals surface area contributed by atoms with Crippen LogP contribution in [0.5, 0.6) is 0 Å². The average molecular weight is 379 g/mol. The molecule has 0 radical (unpaired) electrons. The summed E-state index contributed by atoms with van der Waals surface area (Å²) >= 11 is 5.83. The lowest BCUT2D eigenvalue weighted by Gasteiger charge is -2.45. The van der Waals surface area contributed by atoms with Crippen LogP contribution in [0.4, 0.5) is 4.79 Å². The number of carbonyl (C=O) groups is 2. The Kier molecular flexibility index (Phi) is 6.38. The van der Waals surface area contributed by atoms with Gasteiger partial charge in [-0.15, -0.1) is 0 Å². The van der Waals surface area contributed by atoms with Crippen molar-refractivity contribution in [2.45, 2.75) is 50.7 Å². The van der Waals surface area contributed by atoms with Crippen LogP contribution >= 0.6 is 11.6 Å². The first kappa shape index (κ1) is 19.0. The lowest BCUT2D eigenvalue weighted by atomic mass is 9.67. The number of urea groups is 1. The molecule has 2 atom stereocenters. The molecule has 5 N–H and O–H groups in total. The molecule has 6 nitrogen and oxygen atoms in total. The average Bonchev–Trinajstić information content (AvgIpc) is 2.60. The van der Waals surface area contributed by atoms with E-state index in [9.17, 15) is 9.59 Å². The Balaban J connectivity index is 1.39. The van der Waals surface area contributed by atoms with Gasteiger partial charge in [-0.25, -0.2) is 4.79 Å². The van der Waals surface area contributed by atoms with E-state index in [1.54, 1.807) is 12.1 Å². The number of carbonyl (C=O) groups excluding carboxylic acids is 2. The summed E-state index contributed by atoms with van der Waals surface area (Å²) in [6.07, 6.45) is 5.45. The number of amides is 3. The summed E-state index contributed by atoms with van der Waals surface area (Å²) in [5.41, 5.74) is 7.07. The molecule has 3 amide bonds. The summed E-state index contributed by atoms with van der Waals surface area (Å²) in [5.74, 6) is 0.810. The minimum atomic E-state index is -0.360. The van der Waals surface area contributed by atoms with Crippen LogP contribution < -0.4 is 21.7 Å². The highest BCUT2D eigenvalue weighted by molar-refractivity contribution is 6.30. The van der Waals surface area contributed by atoms with E-state index in [1.165, 1.54) is 6.42 Å². The van der Waals surface area contributed by atoms with Gasteiger partial charge in [-0.1, -0.05) is 30.2 Å². The lowest BCUT2D eigenvalue weighted by Crippen LogP contribution is -2.55. The van der Waals surface area contributed by atoms with Crippen LogP contribution in [0, 0.1) is 11.8 Å². The maximum atomic E-state index is 12.2. The Bertz CT molecular complexity index is 623. The lowest BCUT2D eigenvalue weighted by molar-refractivity contribution is -0.122. The molecule has 2 fully saturated rings. The Morgan fingerprint density at radius 3 is 2.38 bits per heavy atom. The van der Waals surface area contributed by atoms with Gasteiger partial charge in [0.2, 0.25) is 5.91 Å². The molecule has 1 aromatic rings. The number of nitrogens with two attached hydrogens (primary N) is 1. The highest BCUT2D eigenvalue weighted by Crippen LogP contribution is 2.39. The number of hydrogen-bond acceptors (Lipinski definition) is 3. The summed E-state index contributed by atoms with van der Waals surface area (Å²) in [7, 11) is 0. The molecule has 142 valence electrons. The third kappa shape index (κ3) is 5.11. The van der Waals surface area contributed by atoms with Crippen LogP contribution in [0.25, 0.3) is 0 Å². The van der Waals surface area contributed by atoms with E-state index in [4.69, 9.17) is 17.3 Å². The first-order valence-electron chi connectivity index (χ1n) is 9.32. The normalized spacial score (nSPS) is 27.5. The zero-order valence-electron chi connectivity index (χ0n) is 14.8. The van der Waals surface area contributed by atoms with Crippen LogP contribution in [0.3, 0.4) is 0 Å². The predicted octanol–water partition coefficient (Wildman–Crippen LogP) is 2.16. The van der Waals surface area contributed by atoms with Crippen molar-refractivity contribution in [3.8, 4) is 0 Å². The molecule has 0 heterocycles. The fraction of sp³-hybridized carbons (Fsp3) is 0.579. The predicted molar refractivity (Wildman–Crippen MR) is 102 cm³/mol. The van der Waals surface area contributed by atoms with Gasteiger partial charge in [-0.3, -0.25) is 4.79 Å². The van der Waals surface area contributed by atoms with E-state index in [0.717, 1.165) is 31.2 Å². The second kappa shape index (κ2) is 8.73. The third-order valence-corrected chi connectivity index (χ3v) is 5.73. The highest BCUT2D eigenvalue weighted by atomic mass is 35.5. The van der Waals surface area contributed by atoms with Crippen molar-refractivity contribution >= 4 is 23.5 Å². The van der Waals surface area contributed by atoms with Crippen LogP contribution in [0.1, 0.15) is 37.7 Å². The van der Waals surface area contributed by atoms with Gasteiger partial charge in [0, 0.05) is 23.7 Å². The van der Waals surface area contributed by atoms with Crippen LogP contribution in [0.2, 0.25) is 5.02 Å². The number of benzene rings is 1. The second-order valence-corrected chi connectivity index (χ2v) is 7.87. The van der Waals surface area contributed by atoms with Gasteiger partial charge in [0.1, 0.15) is 0 Å². The van der Waals surface area contributed by atoms with Gasteiger partial charge in [0.15, 0.2) is 0 Å². The van der Waals surface area contributed by atoms with Crippen molar-refractivity contribution in [2.24, 2.45) is 17.6 Å². The Morgan fingerprint density at radius 2 is 1.73 bits per heavy atom. The molecule has 0 spiro atoms. The highest BCUT2D eigenvalue weighted by Gasteiger charge is 2.39. The number of fused-ring (bicyclic) bond motifs is 2. The maximum absolute atomic E-state index is 12.2. The van der Waals surface area contributed by atoms with Gasteiger partial charge >= 0.3 is 6.03 Å². The van der Waals surface area contributed by atoms with Crippen LogP contribution in [0.15, 0.2) is 24.3 Å². The summed E-state index contributed by atoms with van der Waals surface area (Å²) in [6.45, 7) is 0.365. The molecular formula is C19H27ClN4O2. The molecule has 1 aromatic carbocycles. The van der Waals surface area contributed by atoms with Crippen LogP contribution in [-0.4, -0.2) is 30.6 Å². The van der Waals surface area contributed by atoms with Gasteiger partial charge in [0.05, 0.1) is 6.54 Å². The first-order valence-corrected chi connectivity index (χ1v) is 9.70. The molecule has 0 aromatic heterocycles. The molecule has 2 aliphatic carbocycles. The van der Waals surface area contributed by atoms with Gasteiger partial charge in [-0.05, 0) is 55.2 Å². The van der Waals surface area contributed by atoms with Gasteiger partial charge in [-0.2, -0.15) is 0 Å². The zero-order chi connectivity index (χ0) is 18.5. The molecule has 0 saturated heterocycles. The van der Waals surface area contributed by atoms with Crippen molar-refractivity contribution in [2.75, 3.05) is 6.54 Å². The zero-order valence-corrected chi connectivity index (χ0v) is 15.6. The van der Waals surface area contributed by atoms with E-state index in [-0.39, 0.29) is 30.6 Å². The Morgan fingerprint density at radius 1 is 1.08 bits per heavy atom. The topological polar surface area (TPSA) is 96.2 Å². The quantitative estimate of drug-likeness (QED) is 0.632. The summed E-state index contributed by atoms with van der Waals surface area (Å²) in [5, 5.41) is 9.13. The van der Waals surface area contributed by atoms with Crippen molar-refractivity contribution < 1.29 is 9.59 Å². The van der Waals surface area contributed by atoms with E-state index >= 15 is 0 Å². The fourth-order valence-electron chi connectivity index (χ4n) is 4.27. The molecule has 2 bridgehead atoms. The van der Waals surface area contributed by atoms with E-state index in [2.05, 4.69) is 16.0 Å². The third-order valence-electron chi connectivity index (χ3n) is 5.48. The molecule has 7 heteroatoms. The molecule has 2 unspecified atom stereocenters. The van der Waals surface area contributed by atoms with Crippen LogP contribution in [-0.2, 0) is 11.3 Å². The van der Waals surface area contributed by atoms with E-state index in [0.29, 0.717) is 23.4 Å². The minimum absolute atomic E-state index is 0.0194. The van der Waals surface area contributed by atoms with Crippen molar-refractivity contribution in [3.63, 3.8) is 0 Å². The fourth-order valence-corrected chi connectivity index (χ4v) is 4.40. The minimum Gasteiger partial charge on any atom is -0.351 e. The SMILES string of the molecule is NC1CC2CCCC(C1)C2NC(=O)CNC(=O)NCc1ccc(Cl)cc1. The van der Waals surface area contributed by atoms with E-state index in [1.807, 2.05) is 12.1 Å². The van der Waals surface area contributed by atoms with Crippen molar-refractivity contribution in [1.29, 1.82) is 0 Å². The number of nitrogens with one attached hydrogen (secondary N) is 3. The summed E-state index contributed by atoms with van der Waals surface area (Å²) in [6, 6.07) is 7.35.